The Morgan fingerprint density at radius 1 is 0.253 bits per heavy atom. The Labute approximate surface area is 577 Å². The minimum atomic E-state index is 0.988. The molecule has 0 saturated carbocycles. The maximum atomic E-state index is 12.4. The molecule has 3 heteroatoms. The van der Waals surface area contributed by atoms with Crippen LogP contribution in [0.25, 0.3) is 16.9 Å². The fourth-order valence-corrected chi connectivity index (χ4v) is 15.5. The molecular formula is C88H158N2Ni. The monoisotopic (exact) mass is 1300 g/mol. The van der Waals surface area contributed by atoms with Gasteiger partial charge in [0.2, 0.25) is 11.4 Å². The Hall–Kier alpha value is -1.99. The third-order valence-electron chi connectivity index (χ3n) is 20.2. The van der Waals surface area contributed by atoms with Gasteiger partial charge in [0, 0.05) is 22.8 Å². The predicted molar refractivity (Wildman–Crippen MR) is 408 cm³/mol. The molecule has 1 heterocycles. The third kappa shape index (κ3) is 42.3. The number of unbranched alkanes of at least 4 members (excludes halogenated alkanes) is 45. The third-order valence-corrected chi connectivity index (χ3v) is 21.6. The summed E-state index contributed by atoms with van der Waals surface area (Å²) in [4.78, 5) is 0. The summed E-state index contributed by atoms with van der Waals surface area (Å²) in [5.41, 5.74) is 27.7. The van der Waals surface area contributed by atoms with E-state index in [1.165, 1.54) is 374 Å². The molecule has 2 nitrogen and oxygen atoms in total. The summed E-state index contributed by atoms with van der Waals surface area (Å²) in [7, 11) is 0. The van der Waals surface area contributed by atoms with Gasteiger partial charge in [-0.1, -0.05) is 223 Å². The van der Waals surface area contributed by atoms with Gasteiger partial charge in [0.05, 0.1) is 0 Å². The van der Waals surface area contributed by atoms with Crippen molar-refractivity contribution in [2.24, 2.45) is 0 Å². The first-order chi connectivity index (χ1) is 44.9. The molecule has 0 spiro atoms. The topological polar surface area (TPSA) is 25.3 Å². The van der Waals surface area contributed by atoms with Crippen LogP contribution in [0, 0.1) is 0 Å². The molecule has 2 aromatic carbocycles. The Morgan fingerprint density at radius 3 is 0.758 bits per heavy atom. The summed E-state index contributed by atoms with van der Waals surface area (Å²) in [6.45, 7) is 20.8. The standard InChI is InChI=1S/C50H80N2.2C19H39.Ni/c1-8-15-22-29-40-35-45(36-41(30-23-16-9-2)47(40)33-26-19-12-5)49-39-44(28-21-14-7)50(52(49)51)46-37-42(31-24-17-10-3)48(34-27-20-13-6)43(38-46)32-25-18-11-4;2*1-3-5-7-9-11-13-15-17-19-18-16-14-12-10-8-6-4-2;/h35-39H,8-34H2,1-7H3;2*1,3-19H2,2H3;. The van der Waals surface area contributed by atoms with Crippen LogP contribution in [-0.2, 0) is 53.0 Å². The average molecular weight is 1300 g/mol. The first-order valence-corrected chi connectivity index (χ1v) is 43.0. The van der Waals surface area contributed by atoms with Crippen molar-refractivity contribution in [2.75, 3.05) is 0 Å². The molecule has 0 aromatic heterocycles. The van der Waals surface area contributed by atoms with Gasteiger partial charge in [-0.3, -0.25) is 0 Å². The molecule has 0 fully saturated rings. The summed E-state index contributed by atoms with van der Waals surface area (Å²) >= 11 is 2.05. The molecule has 2 aromatic rings. The van der Waals surface area contributed by atoms with E-state index in [1.54, 1.807) is 38.1 Å². The van der Waals surface area contributed by atoms with Crippen LogP contribution < -0.4 is 0 Å². The molecule has 0 radical (unpaired) electrons. The summed E-state index contributed by atoms with van der Waals surface area (Å²) in [5.74, 6) is 0. The van der Waals surface area contributed by atoms with Crippen molar-refractivity contribution in [3.8, 4) is 0 Å². The van der Waals surface area contributed by atoms with E-state index in [-0.39, 0.29) is 0 Å². The fourth-order valence-electron chi connectivity index (χ4n) is 14.2. The van der Waals surface area contributed by atoms with Gasteiger partial charge in [-0.25, -0.2) is 4.70 Å². The molecule has 0 bridgehead atoms. The van der Waals surface area contributed by atoms with E-state index >= 15 is 0 Å². The Morgan fingerprint density at radius 2 is 0.484 bits per heavy atom. The summed E-state index contributed by atoms with van der Waals surface area (Å²) < 4.78 is 1.63. The van der Waals surface area contributed by atoms with E-state index in [0.29, 0.717) is 0 Å². The maximum absolute atomic E-state index is 12.4. The van der Waals surface area contributed by atoms with Gasteiger partial charge in [-0.2, -0.15) is 0 Å². The van der Waals surface area contributed by atoms with E-state index in [4.69, 9.17) is 0 Å². The summed E-state index contributed by atoms with van der Waals surface area (Å²) in [5, 5.41) is 2.87. The Kier molecular flexibility index (Phi) is 58.7. The molecule has 530 valence electrons. The number of benzene rings is 2. The molecule has 0 aliphatic carbocycles. The van der Waals surface area contributed by atoms with Crippen LogP contribution in [-0.4, -0.2) is 4.70 Å². The van der Waals surface area contributed by atoms with Crippen LogP contribution in [0.3, 0.4) is 0 Å². The molecule has 0 unspecified atom stereocenters. The molecule has 0 saturated heterocycles. The van der Waals surface area contributed by atoms with E-state index in [9.17, 15) is 5.53 Å². The zero-order chi connectivity index (χ0) is 65.7. The molecule has 0 amide bonds. The molecule has 0 atom stereocenters. The number of aryl methyl sites for hydroxylation is 4. The van der Waals surface area contributed by atoms with Gasteiger partial charge >= 0.3 is 166 Å². The number of nitrogens with zero attached hydrogens (tertiary/aromatic N) is 2. The van der Waals surface area contributed by atoms with Crippen molar-refractivity contribution >= 4 is 11.4 Å². The second kappa shape index (κ2) is 62.8. The van der Waals surface area contributed by atoms with Gasteiger partial charge < -0.3 is 5.53 Å². The van der Waals surface area contributed by atoms with Crippen molar-refractivity contribution in [2.45, 2.75) is 465 Å². The number of hydrogen-bond donors (Lipinski definition) is 0. The number of rotatable bonds is 65. The number of allylic oxidation sites excluding steroid dienone is 2. The first kappa shape index (κ1) is 85.1. The molecule has 3 rings (SSSR count). The second-order valence-electron chi connectivity index (χ2n) is 28.9. The van der Waals surface area contributed by atoms with Gasteiger partial charge in [0.1, 0.15) is 0 Å². The average Bonchev–Trinajstić information content (AvgIpc) is 1.70. The zero-order valence-corrected chi connectivity index (χ0v) is 64.1. The second-order valence-corrected chi connectivity index (χ2v) is 30.4. The summed E-state index contributed by atoms with van der Waals surface area (Å²) in [6.07, 6.45) is 85.6. The van der Waals surface area contributed by atoms with Crippen molar-refractivity contribution < 1.29 is 19.1 Å². The SMILES string of the molecule is CCCCCCCCCCCCCCCCCC[CH2][Ni][CH2]CCCCCCCCCCCCCCCCCC.CCCCCc1cc(C2=CC(CCCC)=C(c3cc(CCCCC)c(CCCCC)c(CCCCC)c3)[N+]2=[N-])cc(CCCCC)c1CCCCC. The predicted octanol–water partition coefficient (Wildman–Crippen LogP) is 31.3. The normalized spacial score (nSPS) is 12.5. The molecule has 0 N–H and O–H groups in total. The molecular weight excluding hydrogens is 1140 g/mol. The van der Waals surface area contributed by atoms with Gasteiger partial charge in [0.25, 0.3) is 0 Å². The minimum absolute atomic E-state index is 0.988. The van der Waals surface area contributed by atoms with E-state index in [1.807, 2.05) is 14.4 Å². The van der Waals surface area contributed by atoms with Crippen LogP contribution in [0.5, 0.6) is 0 Å². The van der Waals surface area contributed by atoms with E-state index in [2.05, 4.69) is 92.7 Å². The minimum Gasteiger partial charge on any atom is -0.493 e. The van der Waals surface area contributed by atoms with Gasteiger partial charge in [-0.15, -0.1) is 0 Å². The van der Waals surface area contributed by atoms with Crippen molar-refractivity contribution in [1.29, 1.82) is 0 Å². The quantitative estimate of drug-likeness (QED) is 0.0358. The van der Waals surface area contributed by atoms with Crippen LogP contribution in [0.15, 0.2) is 35.9 Å². The van der Waals surface area contributed by atoms with Gasteiger partial charge in [-0.05, 0) is 148 Å². The van der Waals surface area contributed by atoms with Crippen LogP contribution in [0.4, 0.5) is 0 Å². The Balaban J connectivity index is 0.000000649. The van der Waals surface area contributed by atoms with Crippen LogP contribution in [0.2, 0.25) is 10.8 Å². The van der Waals surface area contributed by atoms with E-state index < -0.39 is 0 Å². The molecule has 1 aliphatic rings. The molecule has 91 heavy (non-hydrogen) atoms. The van der Waals surface area contributed by atoms with Crippen molar-refractivity contribution in [1.82, 2.24) is 0 Å². The van der Waals surface area contributed by atoms with Crippen LogP contribution >= 0.6 is 0 Å². The van der Waals surface area contributed by atoms with Crippen LogP contribution in [0.1, 0.15) is 460 Å². The summed E-state index contributed by atoms with van der Waals surface area (Å²) in [6, 6.07) is 9.98. The molecule has 1 aliphatic heterocycles. The zero-order valence-electron chi connectivity index (χ0n) is 63.1. The van der Waals surface area contributed by atoms with Gasteiger partial charge in [0.15, 0.2) is 0 Å². The smallest absolute Gasteiger partial charge is 0.493 e. The Bertz CT molecular complexity index is 1940. The fraction of sp³-hybridized carbons (Fsp3) is 0.818. The number of hydrogen-bond acceptors (Lipinski definition) is 0. The van der Waals surface area contributed by atoms with Crippen molar-refractivity contribution in [3.05, 3.63) is 86.0 Å². The first-order valence-electron chi connectivity index (χ1n) is 41.6. The van der Waals surface area contributed by atoms with E-state index in [0.717, 1.165) is 56.3 Å². The van der Waals surface area contributed by atoms with Crippen molar-refractivity contribution in [3.63, 3.8) is 0 Å².